The van der Waals surface area contributed by atoms with Gasteiger partial charge in [-0.2, -0.15) is 0 Å². The number of rotatable bonds is 0. The second-order valence-electron chi connectivity index (χ2n) is 0.408. The fourth-order valence-corrected chi connectivity index (χ4v) is 0. The van der Waals surface area contributed by atoms with Crippen LogP contribution in [0.1, 0.15) is 0 Å². The molecule has 0 heterocycles. The minimum Gasteiger partial charge on any atom is -0.780 e. The van der Waals surface area contributed by atoms with E-state index in [9.17, 15) is 0 Å². The minimum atomic E-state index is -4.33. The Balaban J connectivity index is -0.0000000800. The summed E-state index contributed by atoms with van der Waals surface area (Å²) in [6, 6.07) is 0. The summed E-state index contributed by atoms with van der Waals surface area (Å²) < 4.78 is 26.7. The van der Waals surface area contributed by atoms with Crippen LogP contribution in [-0.4, -0.2) is 13.3 Å². The zero-order chi connectivity index (χ0) is 4.50. The molecule has 0 bridgehead atoms. The van der Waals surface area contributed by atoms with Crippen LogP contribution in [0, 0.1) is 0 Å². The number of hydrogen-bond acceptors (Lipinski definition) is 4. The standard InChI is InChI=1S/Na.H2O3S2.Zn/c;1-5(2,3)4;/h;(H2,1,2,3,4);/q+1;;+2/p-2. The van der Waals surface area contributed by atoms with Crippen LogP contribution in [0.15, 0.2) is 0 Å². The molecule has 32 valence electrons. The zero-order valence-electron chi connectivity index (χ0n) is 3.75. The zero-order valence-corrected chi connectivity index (χ0v) is 10.3. The molecular weight excluding hydrogens is 201 g/mol. The van der Waals surface area contributed by atoms with Crippen LogP contribution in [0.5, 0.6) is 0 Å². The molecule has 0 fully saturated rings. The molecule has 3 nitrogen and oxygen atoms in total. The van der Waals surface area contributed by atoms with Crippen molar-refractivity contribution in [1.29, 1.82) is 0 Å². The Morgan fingerprint density at radius 2 is 1.43 bits per heavy atom. The van der Waals surface area contributed by atoms with Crippen LogP contribution in [0.2, 0.25) is 0 Å². The smallest absolute Gasteiger partial charge is 0.780 e. The Kier molecular flexibility index (Phi) is 13.8. The molecular formula is NaO3S2Zn+. The Morgan fingerprint density at radius 1 is 1.43 bits per heavy atom. The summed E-state index contributed by atoms with van der Waals surface area (Å²) in [5.41, 5.74) is 0. The van der Waals surface area contributed by atoms with Gasteiger partial charge in [0.25, 0.3) is 0 Å². The van der Waals surface area contributed by atoms with Gasteiger partial charge in [0, 0.05) is 0 Å². The van der Waals surface area contributed by atoms with E-state index in [1.807, 2.05) is 0 Å². The van der Waals surface area contributed by atoms with E-state index >= 15 is 0 Å². The van der Waals surface area contributed by atoms with E-state index < -0.39 is 9.05 Å². The van der Waals surface area contributed by atoms with Crippen molar-refractivity contribution in [2.45, 2.75) is 0 Å². The normalized spacial score (nSPS) is 8.29. The maximum absolute atomic E-state index is 8.89. The predicted molar refractivity (Wildman–Crippen MR) is 17.1 cm³/mol. The average molecular weight is 201 g/mol. The summed E-state index contributed by atoms with van der Waals surface area (Å²) in [5.74, 6) is 0. The van der Waals surface area contributed by atoms with Gasteiger partial charge in [-0.15, -0.1) is 9.05 Å². The Labute approximate surface area is 81.6 Å². The van der Waals surface area contributed by atoms with E-state index in [1.54, 1.807) is 0 Å². The first-order chi connectivity index (χ1) is 2.00. The van der Waals surface area contributed by atoms with Crippen molar-refractivity contribution in [2.75, 3.05) is 0 Å². The molecule has 0 rings (SSSR count). The molecule has 0 unspecified atom stereocenters. The van der Waals surface area contributed by atoms with Gasteiger partial charge >= 0.3 is 49.0 Å². The Hall–Kier alpha value is 1.91. The van der Waals surface area contributed by atoms with Crippen LogP contribution in [-0.2, 0) is 39.7 Å². The molecule has 0 aromatic carbocycles. The van der Waals surface area contributed by atoms with Crippen molar-refractivity contribution in [3.8, 4) is 0 Å². The summed E-state index contributed by atoms with van der Waals surface area (Å²) in [5, 5.41) is 0. The minimum absolute atomic E-state index is 0. The fourth-order valence-electron chi connectivity index (χ4n) is 0. The van der Waals surface area contributed by atoms with Gasteiger partial charge in [-0.1, -0.05) is 0 Å². The largest absolute Gasteiger partial charge is 2.00 e. The van der Waals surface area contributed by atoms with Gasteiger partial charge in [-0.25, -0.2) is 0 Å². The Morgan fingerprint density at radius 3 is 1.43 bits per heavy atom. The third-order valence-corrected chi connectivity index (χ3v) is 0. The van der Waals surface area contributed by atoms with E-state index in [0.717, 1.165) is 0 Å². The molecule has 0 N–H and O–H groups in total. The maximum Gasteiger partial charge on any atom is 2.00 e. The molecule has 7 heteroatoms. The van der Waals surface area contributed by atoms with E-state index in [0.29, 0.717) is 0 Å². The van der Waals surface area contributed by atoms with Crippen molar-refractivity contribution in [2.24, 2.45) is 0 Å². The number of hydrogen-bond donors (Lipinski definition) is 0. The first-order valence-electron chi connectivity index (χ1n) is 0.667. The summed E-state index contributed by atoms with van der Waals surface area (Å²) in [4.78, 5) is 0. The van der Waals surface area contributed by atoms with Crippen molar-refractivity contribution < 1.29 is 62.3 Å². The molecule has 0 atom stereocenters. The first-order valence-corrected chi connectivity index (χ1v) is 3.00. The second kappa shape index (κ2) is 6.04. The van der Waals surface area contributed by atoms with Crippen molar-refractivity contribution >= 4 is 20.2 Å². The summed E-state index contributed by atoms with van der Waals surface area (Å²) in [6.45, 7) is 0. The van der Waals surface area contributed by atoms with Crippen molar-refractivity contribution in [1.82, 2.24) is 0 Å². The summed E-state index contributed by atoms with van der Waals surface area (Å²) >= 11 is 3.24. The molecule has 0 aliphatic rings. The van der Waals surface area contributed by atoms with E-state index in [-0.39, 0.29) is 49.0 Å². The predicted octanol–water partition coefficient (Wildman–Crippen LogP) is -4.00. The molecule has 0 aliphatic heterocycles. The van der Waals surface area contributed by atoms with Crippen LogP contribution in [0.3, 0.4) is 0 Å². The van der Waals surface area contributed by atoms with E-state index in [2.05, 4.69) is 11.2 Å². The topological polar surface area (TPSA) is 63.2 Å². The van der Waals surface area contributed by atoms with Crippen LogP contribution in [0.25, 0.3) is 0 Å². The van der Waals surface area contributed by atoms with Gasteiger partial charge in [0.1, 0.15) is 0 Å². The molecule has 0 saturated carbocycles. The molecule has 0 aromatic rings. The van der Waals surface area contributed by atoms with Gasteiger partial charge in [0.2, 0.25) is 0 Å². The van der Waals surface area contributed by atoms with Crippen LogP contribution in [0.4, 0.5) is 0 Å². The Bertz CT molecular complexity index is 96.1. The molecule has 0 radical (unpaired) electrons. The van der Waals surface area contributed by atoms with Crippen LogP contribution < -0.4 is 29.6 Å². The summed E-state index contributed by atoms with van der Waals surface area (Å²) in [6.07, 6.45) is 0. The van der Waals surface area contributed by atoms with Gasteiger partial charge < -0.3 is 9.11 Å². The van der Waals surface area contributed by atoms with Crippen molar-refractivity contribution in [3.63, 3.8) is 0 Å². The molecule has 0 spiro atoms. The summed E-state index contributed by atoms with van der Waals surface area (Å²) in [7, 11) is -4.33. The molecule has 7 heavy (non-hydrogen) atoms. The quantitative estimate of drug-likeness (QED) is 0.374. The van der Waals surface area contributed by atoms with Gasteiger partial charge in [0.05, 0.1) is 0 Å². The molecule has 0 saturated heterocycles. The van der Waals surface area contributed by atoms with Gasteiger partial charge in [-0.05, 0) is 11.2 Å². The first kappa shape index (κ1) is 16.0. The third kappa shape index (κ3) is 75.6. The average Bonchev–Trinajstić information content (AvgIpc) is 0.722. The van der Waals surface area contributed by atoms with E-state index in [4.69, 9.17) is 13.3 Å². The van der Waals surface area contributed by atoms with Crippen LogP contribution >= 0.6 is 0 Å². The van der Waals surface area contributed by atoms with E-state index in [1.165, 1.54) is 0 Å². The van der Waals surface area contributed by atoms with Crippen molar-refractivity contribution in [3.05, 3.63) is 0 Å². The SMILES string of the molecule is O=S([O-])([O-])=S.[Na+].[Zn+2]. The van der Waals surface area contributed by atoms with Gasteiger partial charge in [0.15, 0.2) is 0 Å². The maximum atomic E-state index is 8.89. The molecule has 0 amide bonds. The molecule has 0 aliphatic carbocycles. The second-order valence-corrected chi connectivity index (χ2v) is 2.45. The fraction of sp³-hybridized carbons (Fsp3) is 0. The molecule has 0 aromatic heterocycles. The monoisotopic (exact) mass is 199 g/mol. The third-order valence-electron chi connectivity index (χ3n) is 0. The van der Waals surface area contributed by atoms with Gasteiger partial charge in [-0.3, -0.25) is 4.21 Å².